The maximum Gasteiger partial charge on any atom is 0.364 e. The molecule has 0 bridgehead atoms. The molecule has 172 valence electrons. The lowest BCUT2D eigenvalue weighted by Crippen LogP contribution is -2.33. The van der Waals surface area contributed by atoms with Crippen LogP contribution in [0, 0.1) is 5.92 Å². The molecule has 34 heavy (non-hydrogen) atoms. The van der Waals surface area contributed by atoms with Crippen molar-refractivity contribution in [3.05, 3.63) is 106 Å². The fourth-order valence-electron chi connectivity index (χ4n) is 3.78. The van der Waals surface area contributed by atoms with E-state index < -0.39 is 17.8 Å². The molecule has 0 N–H and O–H groups in total. The molecule has 1 aliphatic rings. The lowest BCUT2D eigenvalue weighted by atomic mass is 9.75. The summed E-state index contributed by atoms with van der Waals surface area (Å²) >= 11 is 0. The van der Waals surface area contributed by atoms with Crippen LogP contribution < -0.4 is 0 Å². The van der Waals surface area contributed by atoms with E-state index in [2.05, 4.69) is 27.7 Å². The Morgan fingerprint density at radius 2 is 1.26 bits per heavy atom. The van der Waals surface area contributed by atoms with Gasteiger partial charge >= 0.3 is 5.97 Å². The van der Waals surface area contributed by atoms with Crippen molar-refractivity contribution in [3.8, 4) is 0 Å². The average Bonchev–Trinajstić information content (AvgIpc) is 3.08. The van der Waals surface area contributed by atoms with Crippen molar-refractivity contribution < 1.29 is 24.0 Å². The van der Waals surface area contributed by atoms with Crippen LogP contribution in [0.3, 0.4) is 0 Å². The number of benzene rings is 3. The van der Waals surface area contributed by atoms with Gasteiger partial charge in [-0.15, -0.1) is 0 Å². The summed E-state index contributed by atoms with van der Waals surface area (Å²) in [5.74, 6) is -2.35. The highest BCUT2D eigenvalue weighted by Gasteiger charge is 2.39. The molecule has 0 radical (unpaired) electrons. The van der Waals surface area contributed by atoms with E-state index >= 15 is 0 Å². The van der Waals surface area contributed by atoms with Crippen molar-refractivity contribution in [1.82, 2.24) is 5.06 Å². The summed E-state index contributed by atoms with van der Waals surface area (Å²) in [5.41, 5.74) is 1.88. The van der Waals surface area contributed by atoms with Crippen LogP contribution in [0.25, 0.3) is 0 Å². The fraction of sp³-hybridized carbons (Fsp3) is 0.214. The van der Waals surface area contributed by atoms with Crippen molar-refractivity contribution in [1.29, 1.82) is 0 Å². The first kappa shape index (κ1) is 23.1. The predicted octanol–water partition coefficient (Wildman–Crippen LogP) is 5.22. The van der Waals surface area contributed by atoms with Gasteiger partial charge in [-0.25, -0.2) is 4.79 Å². The third-order valence-corrected chi connectivity index (χ3v) is 6.66. The minimum absolute atomic E-state index is 0.0318. The van der Waals surface area contributed by atoms with E-state index in [-0.39, 0.29) is 33.5 Å². The second kappa shape index (κ2) is 8.71. The van der Waals surface area contributed by atoms with E-state index in [1.807, 2.05) is 12.1 Å². The highest BCUT2D eigenvalue weighted by atomic mass is 16.7. The molecule has 0 aromatic heterocycles. The Hall–Kier alpha value is -4.06. The lowest BCUT2D eigenvalue weighted by molar-refractivity contribution is -0.0584. The van der Waals surface area contributed by atoms with E-state index in [9.17, 15) is 19.2 Å². The molecule has 0 fully saturated rings. The molecule has 0 atom stereocenters. The first-order valence-electron chi connectivity index (χ1n) is 11.1. The number of amides is 2. The fourth-order valence-corrected chi connectivity index (χ4v) is 3.78. The van der Waals surface area contributed by atoms with Gasteiger partial charge < -0.3 is 4.84 Å². The van der Waals surface area contributed by atoms with Crippen LogP contribution in [0.15, 0.2) is 72.8 Å². The highest BCUT2D eigenvalue weighted by molar-refractivity contribution is 6.21. The number of rotatable bonds is 6. The summed E-state index contributed by atoms with van der Waals surface area (Å²) in [6.07, 6.45) is 0. The van der Waals surface area contributed by atoms with Gasteiger partial charge in [0.2, 0.25) is 0 Å². The number of carbonyl (C=O) groups is 4. The standard InChI is InChI=1S/C28H25NO5/c1-17(2)28(3,4)19-15-13-18(14-16-19)24(30)20-9-5-8-12-23(20)27(33)34-29-25(31)21-10-6-7-11-22(21)26(29)32/h5-17H,1-4H3. The molecule has 1 aliphatic heterocycles. The smallest absolute Gasteiger partial charge is 0.324 e. The summed E-state index contributed by atoms with van der Waals surface area (Å²) in [6, 6.07) is 19.7. The molecule has 0 unspecified atom stereocenters. The van der Waals surface area contributed by atoms with Crippen LogP contribution in [-0.4, -0.2) is 28.6 Å². The van der Waals surface area contributed by atoms with E-state index in [4.69, 9.17) is 4.84 Å². The first-order chi connectivity index (χ1) is 16.1. The van der Waals surface area contributed by atoms with Crippen molar-refractivity contribution in [2.45, 2.75) is 33.1 Å². The minimum atomic E-state index is -0.962. The number of carbonyl (C=O) groups excluding carboxylic acids is 4. The Morgan fingerprint density at radius 3 is 1.79 bits per heavy atom. The van der Waals surface area contributed by atoms with E-state index in [1.165, 1.54) is 24.3 Å². The van der Waals surface area contributed by atoms with E-state index in [0.29, 0.717) is 16.5 Å². The zero-order valence-electron chi connectivity index (χ0n) is 19.5. The molecule has 6 nitrogen and oxygen atoms in total. The van der Waals surface area contributed by atoms with Gasteiger partial charge in [0, 0.05) is 11.1 Å². The van der Waals surface area contributed by atoms with Crippen molar-refractivity contribution >= 4 is 23.6 Å². The molecule has 0 saturated carbocycles. The van der Waals surface area contributed by atoms with Crippen LogP contribution in [0.4, 0.5) is 0 Å². The van der Waals surface area contributed by atoms with Gasteiger partial charge in [0.15, 0.2) is 5.78 Å². The SMILES string of the molecule is CC(C)C(C)(C)c1ccc(C(=O)c2ccccc2C(=O)ON2C(=O)c3ccccc3C2=O)cc1. The summed E-state index contributed by atoms with van der Waals surface area (Å²) in [7, 11) is 0. The summed E-state index contributed by atoms with van der Waals surface area (Å²) in [6.45, 7) is 8.60. The maximum absolute atomic E-state index is 13.3. The topological polar surface area (TPSA) is 80.8 Å². The molecule has 3 aromatic rings. The number of ketones is 1. The lowest BCUT2D eigenvalue weighted by Gasteiger charge is -2.30. The van der Waals surface area contributed by atoms with Crippen molar-refractivity contribution in [2.24, 2.45) is 5.92 Å². The molecule has 0 spiro atoms. The van der Waals surface area contributed by atoms with Crippen molar-refractivity contribution in [3.63, 3.8) is 0 Å². The highest BCUT2D eigenvalue weighted by Crippen LogP contribution is 2.32. The van der Waals surface area contributed by atoms with E-state index in [1.54, 1.807) is 36.4 Å². The molecule has 0 saturated heterocycles. The number of hydrogen-bond acceptors (Lipinski definition) is 5. The number of nitrogens with zero attached hydrogens (tertiary/aromatic N) is 1. The zero-order chi connectivity index (χ0) is 24.6. The van der Waals surface area contributed by atoms with Crippen LogP contribution in [0.2, 0.25) is 0 Å². The number of imide groups is 1. The largest absolute Gasteiger partial charge is 0.364 e. The Labute approximate surface area is 198 Å². The van der Waals surface area contributed by atoms with Crippen molar-refractivity contribution in [2.75, 3.05) is 0 Å². The average molecular weight is 456 g/mol. The van der Waals surface area contributed by atoms with Gasteiger partial charge in [-0.3, -0.25) is 14.4 Å². The molecule has 6 heteroatoms. The zero-order valence-corrected chi connectivity index (χ0v) is 19.5. The second-order valence-electron chi connectivity index (χ2n) is 9.16. The molecule has 4 rings (SSSR count). The van der Waals surface area contributed by atoms with Gasteiger partial charge in [0.25, 0.3) is 11.8 Å². The number of fused-ring (bicyclic) bond motifs is 1. The molecular formula is C28H25NO5. The van der Waals surface area contributed by atoms with Crippen LogP contribution in [0.5, 0.6) is 0 Å². The first-order valence-corrected chi connectivity index (χ1v) is 11.1. The third-order valence-electron chi connectivity index (χ3n) is 6.66. The van der Waals surface area contributed by atoms with Crippen LogP contribution in [-0.2, 0) is 10.3 Å². The van der Waals surface area contributed by atoms with Gasteiger partial charge in [-0.2, -0.15) is 0 Å². The maximum atomic E-state index is 13.3. The summed E-state index contributed by atoms with van der Waals surface area (Å²) < 4.78 is 0. The second-order valence-corrected chi connectivity index (χ2v) is 9.16. The molecule has 0 aliphatic carbocycles. The Morgan fingerprint density at radius 1 is 0.765 bits per heavy atom. The normalized spacial score (nSPS) is 13.3. The third kappa shape index (κ3) is 3.92. The monoisotopic (exact) mass is 455 g/mol. The summed E-state index contributed by atoms with van der Waals surface area (Å²) in [4.78, 5) is 56.4. The van der Waals surface area contributed by atoms with Crippen LogP contribution in [0.1, 0.15) is 80.3 Å². The van der Waals surface area contributed by atoms with Gasteiger partial charge in [-0.05, 0) is 35.1 Å². The summed E-state index contributed by atoms with van der Waals surface area (Å²) in [5, 5.41) is 0.442. The molecule has 3 aromatic carbocycles. The van der Waals surface area contributed by atoms with Gasteiger partial charge in [0.05, 0.1) is 16.7 Å². The Balaban J connectivity index is 1.59. The minimum Gasteiger partial charge on any atom is -0.324 e. The Bertz CT molecular complexity index is 1270. The van der Waals surface area contributed by atoms with Crippen LogP contribution >= 0.6 is 0 Å². The molecule has 1 heterocycles. The molecular weight excluding hydrogens is 430 g/mol. The number of hydroxylamine groups is 2. The predicted molar refractivity (Wildman–Crippen MR) is 127 cm³/mol. The van der Waals surface area contributed by atoms with E-state index in [0.717, 1.165) is 5.56 Å². The Kier molecular flexibility index (Phi) is 5.92. The quantitative estimate of drug-likeness (QED) is 0.376. The number of hydrogen-bond donors (Lipinski definition) is 0. The van der Waals surface area contributed by atoms with Gasteiger partial charge in [0.1, 0.15) is 0 Å². The molecule has 2 amide bonds. The van der Waals surface area contributed by atoms with Gasteiger partial charge in [-0.1, -0.05) is 87.4 Å².